The molecule has 19 heavy (non-hydrogen) atoms. The van der Waals surface area contributed by atoms with Gasteiger partial charge in [0.2, 0.25) is 11.8 Å². The summed E-state index contributed by atoms with van der Waals surface area (Å²) in [7, 11) is 0. The van der Waals surface area contributed by atoms with E-state index >= 15 is 0 Å². The van der Waals surface area contributed by atoms with Gasteiger partial charge in [0, 0.05) is 25.6 Å². The minimum absolute atomic E-state index is 0.0124. The SMILES string of the molecule is NCc1ccc(CC(=O)NC2CCC(=O)NC2)cc1. The summed E-state index contributed by atoms with van der Waals surface area (Å²) in [5, 5.41) is 5.69. The topological polar surface area (TPSA) is 84.2 Å². The highest BCUT2D eigenvalue weighted by Gasteiger charge is 2.19. The van der Waals surface area contributed by atoms with E-state index in [1.54, 1.807) is 0 Å². The van der Waals surface area contributed by atoms with Gasteiger partial charge in [-0.15, -0.1) is 0 Å². The van der Waals surface area contributed by atoms with Crippen molar-refractivity contribution in [3.8, 4) is 0 Å². The Hall–Kier alpha value is -1.88. The predicted molar refractivity (Wildman–Crippen MR) is 72.2 cm³/mol. The molecule has 0 bridgehead atoms. The van der Waals surface area contributed by atoms with Crippen LogP contribution in [0.2, 0.25) is 0 Å². The van der Waals surface area contributed by atoms with Gasteiger partial charge in [-0.05, 0) is 17.5 Å². The number of carbonyl (C=O) groups is 2. The van der Waals surface area contributed by atoms with Crippen molar-refractivity contribution in [3.05, 3.63) is 35.4 Å². The molecule has 1 aromatic rings. The van der Waals surface area contributed by atoms with E-state index < -0.39 is 0 Å². The van der Waals surface area contributed by atoms with Crippen LogP contribution in [0.1, 0.15) is 24.0 Å². The summed E-state index contributed by atoms with van der Waals surface area (Å²) in [6, 6.07) is 7.76. The molecule has 1 aromatic carbocycles. The van der Waals surface area contributed by atoms with Crippen molar-refractivity contribution < 1.29 is 9.59 Å². The van der Waals surface area contributed by atoms with Crippen LogP contribution in [0.4, 0.5) is 0 Å². The Morgan fingerprint density at radius 1 is 1.32 bits per heavy atom. The average Bonchev–Trinajstić information content (AvgIpc) is 2.42. The number of nitrogens with two attached hydrogens (primary N) is 1. The first-order valence-electron chi connectivity index (χ1n) is 6.51. The predicted octanol–water partition coefficient (Wildman–Crippen LogP) is 0.0826. The second kappa shape index (κ2) is 6.33. The van der Waals surface area contributed by atoms with Gasteiger partial charge in [0.05, 0.1) is 6.42 Å². The minimum atomic E-state index is -0.0124. The first-order chi connectivity index (χ1) is 9.17. The number of nitrogens with one attached hydrogen (secondary N) is 2. The van der Waals surface area contributed by atoms with Crippen molar-refractivity contribution in [1.29, 1.82) is 0 Å². The van der Waals surface area contributed by atoms with Crippen LogP contribution < -0.4 is 16.4 Å². The lowest BCUT2D eigenvalue weighted by molar-refractivity contribution is -0.125. The van der Waals surface area contributed by atoms with E-state index in [1.165, 1.54) is 0 Å². The van der Waals surface area contributed by atoms with Crippen molar-refractivity contribution >= 4 is 11.8 Å². The van der Waals surface area contributed by atoms with Gasteiger partial charge in [-0.3, -0.25) is 9.59 Å². The highest BCUT2D eigenvalue weighted by atomic mass is 16.2. The molecule has 1 aliphatic heterocycles. The number of hydrogen-bond donors (Lipinski definition) is 3. The van der Waals surface area contributed by atoms with Crippen LogP contribution in [0.25, 0.3) is 0 Å². The molecule has 5 heteroatoms. The van der Waals surface area contributed by atoms with E-state index in [-0.39, 0.29) is 17.9 Å². The maximum Gasteiger partial charge on any atom is 0.224 e. The number of rotatable bonds is 4. The molecule has 5 nitrogen and oxygen atoms in total. The lowest BCUT2D eigenvalue weighted by Gasteiger charge is -2.23. The largest absolute Gasteiger partial charge is 0.354 e. The zero-order valence-electron chi connectivity index (χ0n) is 10.8. The standard InChI is InChI=1S/C14H19N3O2/c15-8-11-3-1-10(2-4-11)7-14(19)17-12-5-6-13(18)16-9-12/h1-4,12H,5-9,15H2,(H,16,18)(H,17,19). The molecule has 1 heterocycles. The van der Waals surface area contributed by atoms with Crippen LogP contribution in [0.15, 0.2) is 24.3 Å². The van der Waals surface area contributed by atoms with Crippen LogP contribution in [0, 0.1) is 0 Å². The van der Waals surface area contributed by atoms with E-state index in [9.17, 15) is 9.59 Å². The van der Waals surface area contributed by atoms with Gasteiger partial charge in [-0.2, -0.15) is 0 Å². The van der Waals surface area contributed by atoms with E-state index in [1.807, 2.05) is 24.3 Å². The Balaban J connectivity index is 1.81. The highest BCUT2D eigenvalue weighted by Crippen LogP contribution is 2.06. The van der Waals surface area contributed by atoms with E-state index in [0.29, 0.717) is 32.4 Å². The zero-order valence-corrected chi connectivity index (χ0v) is 10.8. The second-order valence-electron chi connectivity index (χ2n) is 4.80. The molecule has 4 N–H and O–H groups in total. The maximum absolute atomic E-state index is 11.9. The van der Waals surface area contributed by atoms with Crippen molar-refractivity contribution in [3.63, 3.8) is 0 Å². The fourth-order valence-electron chi connectivity index (χ4n) is 2.11. The van der Waals surface area contributed by atoms with Crippen LogP contribution in [-0.2, 0) is 22.6 Å². The van der Waals surface area contributed by atoms with Crippen molar-refractivity contribution in [2.75, 3.05) is 6.54 Å². The van der Waals surface area contributed by atoms with Crippen LogP contribution in [-0.4, -0.2) is 24.4 Å². The molecule has 1 fully saturated rings. The number of hydrogen-bond acceptors (Lipinski definition) is 3. The summed E-state index contributed by atoms with van der Waals surface area (Å²) in [4.78, 5) is 22.9. The van der Waals surface area contributed by atoms with Crippen molar-refractivity contribution in [1.82, 2.24) is 10.6 Å². The fourth-order valence-corrected chi connectivity index (χ4v) is 2.11. The van der Waals surface area contributed by atoms with Gasteiger partial charge in [0.1, 0.15) is 0 Å². The monoisotopic (exact) mass is 261 g/mol. The quantitative estimate of drug-likeness (QED) is 0.718. The molecule has 1 aliphatic rings. The average molecular weight is 261 g/mol. The van der Waals surface area contributed by atoms with Gasteiger partial charge >= 0.3 is 0 Å². The third-order valence-electron chi connectivity index (χ3n) is 3.25. The Morgan fingerprint density at radius 3 is 2.58 bits per heavy atom. The normalized spacial score (nSPS) is 18.8. The van der Waals surface area contributed by atoms with Gasteiger partial charge in [0.25, 0.3) is 0 Å². The molecule has 0 radical (unpaired) electrons. The Morgan fingerprint density at radius 2 is 2.00 bits per heavy atom. The second-order valence-corrected chi connectivity index (χ2v) is 4.80. The lowest BCUT2D eigenvalue weighted by atomic mass is 10.1. The third kappa shape index (κ3) is 4.06. The molecular weight excluding hydrogens is 242 g/mol. The maximum atomic E-state index is 11.9. The van der Waals surface area contributed by atoms with E-state index in [4.69, 9.17) is 5.73 Å². The summed E-state index contributed by atoms with van der Waals surface area (Å²) in [6.45, 7) is 1.03. The summed E-state index contributed by atoms with van der Waals surface area (Å²) in [5.41, 5.74) is 7.54. The number of amides is 2. The number of benzene rings is 1. The Labute approximate surface area is 112 Å². The van der Waals surface area contributed by atoms with E-state index in [2.05, 4.69) is 10.6 Å². The fraction of sp³-hybridized carbons (Fsp3) is 0.429. The third-order valence-corrected chi connectivity index (χ3v) is 3.25. The molecule has 1 atom stereocenters. The first kappa shape index (κ1) is 13.5. The molecule has 0 aliphatic carbocycles. The zero-order chi connectivity index (χ0) is 13.7. The highest BCUT2D eigenvalue weighted by molar-refractivity contribution is 5.80. The molecule has 102 valence electrons. The van der Waals surface area contributed by atoms with Crippen LogP contribution in [0.5, 0.6) is 0 Å². The summed E-state index contributed by atoms with van der Waals surface area (Å²) in [6.07, 6.45) is 1.55. The molecule has 0 aromatic heterocycles. The van der Waals surface area contributed by atoms with Gasteiger partial charge in [0.15, 0.2) is 0 Å². The minimum Gasteiger partial charge on any atom is -0.354 e. The van der Waals surface area contributed by atoms with Crippen molar-refractivity contribution in [2.24, 2.45) is 5.73 Å². The Bertz CT molecular complexity index is 446. The number of carbonyl (C=O) groups excluding carboxylic acids is 2. The lowest BCUT2D eigenvalue weighted by Crippen LogP contribution is -2.48. The first-order valence-corrected chi connectivity index (χ1v) is 6.51. The smallest absolute Gasteiger partial charge is 0.224 e. The number of piperidine rings is 1. The van der Waals surface area contributed by atoms with Gasteiger partial charge < -0.3 is 16.4 Å². The van der Waals surface area contributed by atoms with Crippen LogP contribution in [0.3, 0.4) is 0 Å². The molecule has 0 saturated carbocycles. The summed E-state index contributed by atoms with van der Waals surface area (Å²) >= 11 is 0. The van der Waals surface area contributed by atoms with E-state index in [0.717, 1.165) is 11.1 Å². The molecule has 2 amide bonds. The van der Waals surface area contributed by atoms with Crippen molar-refractivity contribution in [2.45, 2.75) is 31.8 Å². The molecule has 1 unspecified atom stereocenters. The van der Waals surface area contributed by atoms with Gasteiger partial charge in [-0.25, -0.2) is 0 Å². The summed E-state index contributed by atoms with van der Waals surface area (Å²) in [5.74, 6) is 0.0459. The van der Waals surface area contributed by atoms with Gasteiger partial charge in [-0.1, -0.05) is 24.3 Å². The Kier molecular flexibility index (Phi) is 4.52. The summed E-state index contributed by atoms with van der Waals surface area (Å²) < 4.78 is 0. The molecule has 2 rings (SSSR count). The molecular formula is C14H19N3O2. The molecule has 1 saturated heterocycles. The molecule has 0 spiro atoms. The van der Waals surface area contributed by atoms with Crippen LogP contribution >= 0.6 is 0 Å².